The molecule has 0 unspecified atom stereocenters. The van der Waals surface area contributed by atoms with Crippen molar-refractivity contribution in [1.29, 1.82) is 0 Å². The van der Waals surface area contributed by atoms with Gasteiger partial charge in [-0.2, -0.15) is 0 Å². The van der Waals surface area contributed by atoms with Crippen LogP contribution in [0.25, 0.3) is 0 Å². The number of aliphatic imine (C=N–C) groups is 1. The van der Waals surface area contributed by atoms with E-state index in [9.17, 15) is 9.59 Å². The molecule has 0 aliphatic carbocycles. The Bertz CT molecular complexity index is 569. The van der Waals surface area contributed by atoms with Crippen LogP contribution in [0.5, 0.6) is 5.75 Å². The van der Waals surface area contributed by atoms with E-state index in [2.05, 4.69) is 4.99 Å². The van der Waals surface area contributed by atoms with Gasteiger partial charge in [0.2, 0.25) is 0 Å². The van der Waals surface area contributed by atoms with Gasteiger partial charge in [0.1, 0.15) is 11.5 Å². The number of guanidine groups is 1. The van der Waals surface area contributed by atoms with Gasteiger partial charge in [-0.15, -0.1) is 0 Å². The number of aromatic hydroxyl groups is 1. The molecule has 0 fully saturated rings. The number of rotatable bonds is 6. The van der Waals surface area contributed by atoms with Gasteiger partial charge in [-0.25, -0.2) is 0 Å². The molecule has 0 bridgehead atoms. The summed E-state index contributed by atoms with van der Waals surface area (Å²) in [6.07, 6.45) is 1.37. The summed E-state index contributed by atoms with van der Waals surface area (Å²) in [5.41, 5.74) is 21.8. The van der Waals surface area contributed by atoms with E-state index in [1.165, 1.54) is 26.0 Å². The summed E-state index contributed by atoms with van der Waals surface area (Å²) in [6.45, 7) is 7.39. The van der Waals surface area contributed by atoms with Crippen molar-refractivity contribution < 1.29 is 14.7 Å². The van der Waals surface area contributed by atoms with Gasteiger partial charge in [-0.3, -0.25) is 14.6 Å². The number of phenolic OH excluding ortho intramolecular Hbond substituents is 1. The number of Topliss-reactive ketones (excluding diaryl/α,β-unsaturated/α-hetero) is 2. The van der Waals surface area contributed by atoms with Crippen LogP contribution >= 0.6 is 0 Å². The largest absolute Gasteiger partial charge is 0.507 e. The molecule has 0 amide bonds. The number of hydrogen-bond donors (Lipinski definition) is 5. The monoisotopic (exact) mass is 353 g/mol. The third-order valence-corrected chi connectivity index (χ3v) is 2.89. The van der Waals surface area contributed by atoms with Crippen molar-refractivity contribution in [2.24, 2.45) is 22.2 Å². The van der Waals surface area contributed by atoms with Crippen molar-refractivity contribution in [3.8, 4) is 5.75 Å². The fourth-order valence-electron chi connectivity index (χ4n) is 1.56. The van der Waals surface area contributed by atoms with Gasteiger partial charge in [-0.1, -0.05) is 13.8 Å². The highest BCUT2D eigenvalue weighted by molar-refractivity contribution is 5.97. The number of hydrogen-bond acceptors (Lipinski definition) is 6. The lowest BCUT2D eigenvalue weighted by molar-refractivity contribution is -0.118. The number of carbonyl (C=O) groups is 2. The summed E-state index contributed by atoms with van der Waals surface area (Å²) in [5, 5.41) is 9.13. The van der Waals surface area contributed by atoms with Crippen LogP contribution in [0.3, 0.4) is 0 Å². The lowest BCUT2D eigenvalue weighted by Gasteiger charge is -2.04. The van der Waals surface area contributed by atoms with Crippen molar-refractivity contribution in [3.05, 3.63) is 23.8 Å². The minimum Gasteiger partial charge on any atom is -0.507 e. The molecule has 9 N–H and O–H groups in total. The van der Waals surface area contributed by atoms with Crippen molar-refractivity contribution in [2.75, 3.05) is 12.3 Å². The molecule has 25 heavy (non-hydrogen) atoms. The van der Waals surface area contributed by atoms with Gasteiger partial charge in [0, 0.05) is 12.2 Å². The Hall–Kier alpha value is -2.61. The van der Waals surface area contributed by atoms with Crippen molar-refractivity contribution >= 4 is 23.2 Å². The second kappa shape index (κ2) is 13.8. The number of nitrogen functional groups attached to an aromatic ring is 1. The highest BCUT2D eigenvalue weighted by Gasteiger charge is 2.06. The highest BCUT2D eigenvalue weighted by atomic mass is 16.3. The van der Waals surface area contributed by atoms with Crippen LogP contribution in [0.1, 0.15) is 50.9 Å². The number of nitrogens with two attached hydrogens (primary N) is 4. The summed E-state index contributed by atoms with van der Waals surface area (Å²) < 4.78 is 0. The number of phenols is 1. The van der Waals surface area contributed by atoms with Crippen LogP contribution in [0, 0.1) is 0 Å². The first-order valence-corrected chi connectivity index (χ1v) is 8.06. The first-order chi connectivity index (χ1) is 11.6. The predicted octanol–water partition coefficient (Wildman–Crippen LogP) is 1.16. The lowest BCUT2D eigenvalue weighted by Crippen LogP contribution is -2.28. The number of benzene rings is 1. The van der Waals surface area contributed by atoms with Crippen molar-refractivity contribution in [2.45, 2.75) is 46.6 Å². The molecule has 8 nitrogen and oxygen atoms in total. The Morgan fingerprint density at radius 1 is 1.20 bits per heavy atom. The topological polar surface area (TPSA) is 171 Å². The summed E-state index contributed by atoms with van der Waals surface area (Å²) in [6, 6.07) is 4.03. The maximum absolute atomic E-state index is 10.8. The molecule has 0 radical (unpaired) electrons. The standard InChI is InChI=1S/C8H9NO2.C7H16N4O.C2H6/c1-5(10)7-4-6(9)2-3-8(7)11;1-5(12)6(8)3-2-4-11-7(9)10;1-2/h2-4,11H,9H2,1H3;6H,2-4,8H2,1H3,(H4,9,10,11);1-2H3/t;6-;/m.0./s1. The SMILES string of the molecule is CC.CC(=O)[C@@H](N)CCCN=C(N)N.CC(=O)c1cc(N)ccc1O. The Kier molecular flexibility index (Phi) is 13.6. The van der Waals surface area contributed by atoms with Crippen LogP contribution in [0.2, 0.25) is 0 Å². The normalized spacial score (nSPS) is 10.3. The first kappa shape index (κ1) is 24.6. The Morgan fingerprint density at radius 3 is 2.16 bits per heavy atom. The zero-order valence-corrected chi connectivity index (χ0v) is 15.5. The Balaban J connectivity index is 0. The molecule has 1 aromatic carbocycles. The minimum atomic E-state index is -0.376. The van der Waals surface area contributed by atoms with E-state index >= 15 is 0 Å². The fraction of sp³-hybridized carbons (Fsp3) is 0.471. The third kappa shape index (κ3) is 12.5. The molecule has 0 saturated heterocycles. The quantitative estimate of drug-likeness (QED) is 0.127. The summed E-state index contributed by atoms with van der Waals surface area (Å²) in [5.74, 6) is -0.132. The van der Waals surface area contributed by atoms with Crippen LogP contribution in [0.15, 0.2) is 23.2 Å². The second-order valence-corrected chi connectivity index (χ2v) is 5.00. The summed E-state index contributed by atoms with van der Waals surface area (Å²) in [4.78, 5) is 25.2. The average molecular weight is 353 g/mol. The predicted molar refractivity (Wildman–Crippen MR) is 102 cm³/mol. The smallest absolute Gasteiger partial charge is 0.185 e. The molecule has 0 aromatic heterocycles. The van der Waals surface area contributed by atoms with Crippen molar-refractivity contribution in [3.63, 3.8) is 0 Å². The zero-order chi connectivity index (χ0) is 20.0. The van der Waals surface area contributed by atoms with Gasteiger partial charge in [0.05, 0.1) is 11.6 Å². The van der Waals surface area contributed by atoms with Crippen molar-refractivity contribution in [1.82, 2.24) is 0 Å². The lowest BCUT2D eigenvalue weighted by atomic mass is 10.1. The van der Waals surface area contributed by atoms with Gasteiger partial charge >= 0.3 is 0 Å². The number of nitrogens with zero attached hydrogens (tertiary/aromatic N) is 1. The maximum atomic E-state index is 10.8. The summed E-state index contributed by atoms with van der Waals surface area (Å²) >= 11 is 0. The van der Waals surface area contributed by atoms with E-state index in [0.29, 0.717) is 18.7 Å². The first-order valence-electron chi connectivity index (χ1n) is 8.06. The van der Waals surface area contributed by atoms with E-state index in [-0.39, 0.29) is 34.9 Å². The molecule has 0 aliphatic rings. The van der Waals surface area contributed by atoms with E-state index in [0.717, 1.165) is 6.42 Å². The molecule has 0 spiro atoms. The second-order valence-electron chi connectivity index (χ2n) is 5.00. The van der Waals surface area contributed by atoms with Gasteiger partial charge < -0.3 is 28.0 Å². The van der Waals surface area contributed by atoms with Gasteiger partial charge in [-0.05, 0) is 44.9 Å². The van der Waals surface area contributed by atoms with Gasteiger partial charge in [0.15, 0.2) is 11.7 Å². The molecule has 0 aliphatic heterocycles. The van der Waals surface area contributed by atoms with E-state index in [1.54, 1.807) is 6.07 Å². The van der Waals surface area contributed by atoms with Crippen LogP contribution < -0.4 is 22.9 Å². The van der Waals surface area contributed by atoms with Crippen LogP contribution in [0.4, 0.5) is 5.69 Å². The van der Waals surface area contributed by atoms with E-state index in [4.69, 9.17) is 28.0 Å². The molecule has 8 heteroatoms. The van der Waals surface area contributed by atoms with Crippen LogP contribution in [-0.2, 0) is 4.79 Å². The van der Waals surface area contributed by atoms with Crippen LogP contribution in [-0.4, -0.2) is 35.2 Å². The molecule has 0 saturated carbocycles. The molecular formula is C17H31N5O3. The molecular weight excluding hydrogens is 322 g/mol. The summed E-state index contributed by atoms with van der Waals surface area (Å²) in [7, 11) is 0. The molecule has 1 aromatic rings. The van der Waals surface area contributed by atoms with Gasteiger partial charge in [0.25, 0.3) is 0 Å². The van der Waals surface area contributed by atoms with E-state index in [1.807, 2.05) is 13.8 Å². The average Bonchev–Trinajstić information content (AvgIpc) is 2.55. The molecule has 1 atom stereocenters. The number of carbonyl (C=O) groups excluding carboxylic acids is 2. The zero-order valence-electron chi connectivity index (χ0n) is 15.5. The molecule has 142 valence electrons. The Labute approximate surface area is 149 Å². The number of ketones is 2. The third-order valence-electron chi connectivity index (χ3n) is 2.89. The highest BCUT2D eigenvalue weighted by Crippen LogP contribution is 2.19. The van der Waals surface area contributed by atoms with E-state index < -0.39 is 0 Å². The maximum Gasteiger partial charge on any atom is 0.185 e. The number of anilines is 1. The minimum absolute atomic E-state index is 0.000278. The molecule has 1 rings (SSSR count). The molecule has 0 heterocycles. The fourth-order valence-corrected chi connectivity index (χ4v) is 1.56. The Morgan fingerprint density at radius 2 is 1.76 bits per heavy atom.